The van der Waals surface area contributed by atoms with Crippen molar-refractivity contribution < 1.29 is 27.9 Å². The fourth-order valence-electron chi connectivity index (χ4n) is 3.82. The molecule has 2 aromatic rings. The summed E-state index contributed by atoms with van der Waals surface area (Å²) < 4.78 is 39.0. The zero-order chi connectivity index (χ0) is 22.8. The molecule has 1 aliphatic heterocycles. The van der Waals surface area contributed by atoms with Crippen LogP contribution in [0.5, 0.6) is 0 Å². The number of anilines is 1. The molecule has 1 aromatic carbocycles. The van der Waals surface area contributed by atoms with Crippen molar-refractivity contribution in [3.63, 3.8) is 0 Å². The van der Waals surface area contributed by atoms with E-state index in [1.165, 1.54) is 26.2 Å². The maximum absolute atomic E-state index is 13.0. The second-order valence-corrected chi connectivity index (χ2v) is 7.36. The van der Waals surface area contributed by atoms with E-state index in [-0.39, 0.29) is 18.9 Å². The van der Waals surface area contributed by atoms with Crippen LogP contribution in [-0.2, 0) is 11.0 Å². The van der Waals surface area contributed by atoms with E-state index in [4.69, 9.17) is 0 Å². The minimum atomic E-state index is -4.44. The van der Waals surface area contributed by atoms with Crippen molar-refractivity contribution in [3.8, 4) is 11.1 Å². The number of hydrogen-bond acceptors (Lipinski definition) is 5. The van der Waals surface area contributed by atoms with E-state index in [1.807, 2.05) is 0 Å². The second kappa shape index (κ2) is 8.54. The molecule has 1 fully saturated rings. The Morgan fingerprint density at radius 1 is 1.16 bits per heavy atom. The molecule has 31 heavy (non-hydrogen) atoms. The van der Waals surface area contributed by atoms with E-state index in [0.717, 1.165) is 17.0 Å². The van der Waals surface area contributed by atoms with Crippen LogP contribution in [0.3, 0.4) is 0 Å². The Hall–Kier alpha value is -3.14. The molecular weight excluding hydrogens is 413 g/mol. The van der Waals surface area contributed by atoms with Gasteiger partial charge in [0.25, 0.3) is 0 Å². The quantitative estimate of drug-likeness (QED) is 0.764. The van der Waals surface area contributed by atoms with Gasteiger partial charge in [-0.25, -0.2) is 9.78 Å². The van der Waals surface area contributed by atoms with Gasteiger partial charge in [-0.05, 0) is 50.2 Å². The number of benzene rings is 1. The highest BCUT2D eigenvalue weighted by Crippen LogP contribution is 2.32. The number of nitrogens with one attached hydrogen (secondary N) is 1. The van der Waals surface area contributed by atoms with E-state index in [2.05, 4.69) is 10.3 Å². The molecule has 2 N–H and O–H groups in total. The number of alkyl halides is 3. The molecule has 1 saturated heterocycles. The summed E-state index contributed by atoms with van der Waals surface area (Å²) in [5.41, 5.74) is -1.27. The fraction of sp³-hybridized carbons (Fsp3) is 0.381. The molecule has 0 saturated carbocycles. The first kappa shape index (κ1) is 22.5. The number of nitrogens with zero attached hydrogens (tertiary/aromatic N) is 3. The number of halogens is 3. The number of carbonyl (C=O) groups is 2. The van der Waals surface area contributed by atoms with Gasteiger partial charge in [-0.15, -0.1) is 0 Å². The molecule has 0 radical (unpaired) electrons. The third-order valence-electron chi connectivity index (χ3n) is 5.51. The fourth-order valence-corrected chi connectivity index (χ4v) is 3.82. The van der Waals surface area contributed by atoms with Gasteiger partial charge in [0.05, 0.1) is 12.1 Å². The standard InChI is InChI=1S/C21H23F3N4O3/c1-14(29)20(25-2)13-27(9-4-10-28(20)19(30)31)18-8-7-16(12-26-18)15-5-3-6-17(11-15)21(22,23)24/h3,5-8,11-12,25H,4,9-10,13H2,1-2H3,(H,30,31). The predicted molar refractivity (Wildman–Crippen MR) is 109 cm³/mol. The summed E-state index contributed by atoms with van der Waals surface area (Å²) in [4.78, 5) is 31.5. The molecule has 1 aliphatic rings. The number of ketones is 1. The molecule has 166 valence electrons. The number of carboxylic acid groups (broad SMARTS) is 1. The lowest BCUT2D eigenvalue weighted by Gasteiger charge is -2.40. The van der Waals surface area contributed by atoms with E-state index in [1.54, 1.807) is 23.1 Å². The Morgan fingerprint density at radius 3 is 2.45 bits per heavy atom. The molecule has 10 heteroatoms. The molecule has 2 heterocycles. The highest BCUT2D eigenvalue weighted by atomic mass is 19.4. The van der Waals surface area contributed by atoms with Crippen LogP contribution in [0.4, 0.5) is 23.8 Å². The van der Waals surface area contributed by atoms with E-state index < -0.39 is 23.5 Å². The average molecular weight is 436 g/mol. The summed E-state index contributed by atoms with van der Waals surface area (Å²) >= 11 is 0. The van der Waals surface area contributed by atoms with Crippen molar-refractivity contribution in [1.82, 2.24) is 15.2 Å². The Kier molecular flexibility index (Phi) is 6.21. The molecule has 1 atom stereocenters. The normalized spacial score (nSPS) is 19.8. The third-order valence-corrected chi connectivity index (χ3v) is 5.51. The number of aromatic nitrogens is 1. The van der Waals surface area contributed by atoms with Crippen LogP contribution in [0.1, 0.15) is 18.9 Å². The Morgan fingerprint density at radius 2 is 1.90 bits per heavy atom. The average Bonchev–Trinajstić information content (AvgIpc) is 2.94. The number of hydrogen-bond donors (Lipinski definition) is 2. The second-order valence-electron chi connectivity index (χ2n) is 7.36. The Labute approximate surface area is 177 Å². The highest BCUT2D eigenvalue weighted by molar-refractivity contribution is 5.90. The van der Waals surface area contributed by atoms with Crippen LogP contribution >= 0.6 is 0 Å². The Balaban J connectivity index is 1.90. The highest BCUT2D eigenvalue weighted by Gasteiger charge is 2.46. The molecule has 1 aromatic heterocycles. The van der Waals surface area contributed by atoms with Gasteiger partial charge in [0.1, 0.15) is 5.82 Å². The first-order valence-electron chi connectivity index (χ1n) is 9.67. The zero-order valence-corrected chi connectivity index (χ0v) is 17.1. The van der Waals surface area contributed by atoms with Gasteiger partial charge in [0.2, 0.25) is 0 Å². The molecule has 7 nitrogen and oxygen atoms in total. The molecular formula is C21H23F3N4O3. The summed E-state index contributed by atoms with van der Waals surface area (Å²) in [6.45, 7) is 2.03. The number of Topliss-reactive ketones (excluding diaryl/α,β-unsaturated/α-hetero) is 1. The van der Waals surface area contributed by atoms with Gasteiger partial charge >= 0.3 is 12.3 Å². The van der Waals surface area contributed by atoms with Gasteiger partial charge in [-0.3, -0.25) is 15.0 Å². The van der Waals surface area contributed by atoms with Gasteiger partial charge < -0.3 is 10.0 Å². The summed E-state index contributed by atoms with van der Waals surface area (Å²) in [7, 11) is 1.53. The minimum Gasteiger partial charge on any atom is -0.465 e. The smallest absolute Gasteiger partial charge is 0.416 e. The molecule has 1 unspecified atom stereocenters. The number of carbonyl (C=O) groups excluding carboxylic acids is 1. The zero-order valence-electron chi connectivity index (χ0n) is 17.1. The lowest BCUT2D eigenvalue weighted by molar-refractivity contribution is -0.137. The van der Waals surface area contributed by atoms with Crippen molar-refractivity contribution in [2.45, 2.75) is 25.2 Å². The minimum absolute atomic E-state index is 0.0566. The lowest BCUT2D eigenvalue weighted by Crippen LogP contribution is -2.67. The van der Waals surface area contributed by atoms with Crippen molar-refractivity contribution in [2.24, 2.45) is 0 Å². The third kappa shape index (κ3) is 4.48. The van der Waals surface area contributed by atoms with Crippen molar-refractivity contribution in [2.75, 3.05) is 31.6 Å². The SMILES string of the molecule is CNC1(C(C)=O)CN(c2ccc(-c3cccc(C(F)(F)F)c3)cn2)CCCN1C(=O)O. The number of pyridine rings is 1. The van der Waals surface area contributed by atoms with Crippen molar-refractivity contribution >= 4 is 17.7 Å². The van der Waals surface area contributed by atoms with E-state index >= 15 is 0 Å². The molecule has 1 amide bonds. The molecule has 0 bridgehead atoms. The summed E-state index contributed by atoms with van der Waals surface area (Å²) in [6, 6.07) is 8.31. The van der Waals surface area contributed by atoms with Crippen LogP contribution in [-0.4, -0.2) is 59.2 Å². The number of rotatable bonds is 4. The first-order valence-corrected chi connectivity index (χ1v) is 9.67. The van der Waals surface area contributed by atoms with Gasteiger partial charge in [0, 0.05) is 24.8 Å². The Bertz CT molecular complexity index is 965. The van der Waals surface area contributed by atoms with E-state index in [9.17, 15) is 27.9 Å². The van der Waals surface area contributed by atoms with Crippen molar-refractivity contribution in [3.05, 3.63) is 48.2 Å². The van der Waals surface area contributed by atoms with Gasteiger partial charge in [-0.1, -0.05) is 12.1 Å². The summed E-state index contributed by atoms with van der Waals surface area (Å²) in [5.74, 6) is 0.161. The number of likely N-dealkylation sites (N-methyl/N-ethyl adjacent to an activating group) is 1. The topological polar surface area (TPSA) is 85.8 Å². The molecule has 3 rings (SSSR count). The van der Waals surface area contributed by atoms with Crippen LogP contribution in [0.25, 0.3) is 11.1 Å². The van der Waals surface area contributed by atoms with Crippen LogP contribution in [0, 0.1) is 0 Å². The summed E-state index contributed by atoms with van der Waals surface area (Å²) in [5, 5.41) is 12.5. The largest absolute Gasteiger partial charge is 0.465 e. The van der Waals surface area contributed by atoms with Crippen LogP contribution in [0.15, 0.2) is 42.6 Å². The van der Waals surface area contributed by atoms with Crippen LogP contribution < -0.4 is 10.2 Å². The van der Waals surface area contributed by atoms with Crippen molar-refractivity contribution in [1.29, 1.82) is 0 Å². The van der Waals surface area contributed by atoms with E-state index in [0.29, 0.717) is 29.9 Å². The van der Waals surface area contributed by atoms with Crippen LogP contribution in [0.2, 0.25) is 0 Å². The van der Waals surface area contributed by atoms with Gasteiger partial charge in [0.15, 0.2) is 11.4 Å². The first-order chi connectivity index (χ1) is 14.6. The lowest BCUT2D eigenvalue weighted by atomic mass is 10.0. The predicted octanol–water partition coefficient (Wildman–Crippen LogP) is 3.46. The van der Waals surface area contributed by atoms with Gasteiger partial charge in [-0.2, -0.15) is 13.2 Å². The maximum atomic E-state index is 13.0. The summed E-state index contributed by atoms with van der Waals surface area (Å²) in [6.07, 6.45) is -3.67. The molecule has 0 spiro atoms. The monoisotopic (exact) mass is 436 g/mol. The number of amides is 1. The maximum Gasteiger partial charge on any atom is 0.416 e. The molecule has 0 aliphatic carbocycles.